The Kier molecular flexibility index (Phi) is 2.93. The molecule has 0 amide bonds. The highest BCUT2D eigenvalue weighted by molar-refractivity contribution is 7.18. The van der Waals surface area contributed by atoms with Crippen molar-refractivity contribution in [2.24, 2.45) is 0 Å². The number of thiophene rings is 1. The third-order valence-corrected chi connectivity index (χ3v) is 4.39. The second-order valence-electron chi connectivity index (χ2n) is 4.57. The van der Waals surface area contributed by atoms with Gasteiger partial charge in [-0.1, -0.05) is 0 Å². The first-order valence-corrected chi connectivity index (χ1v) is 6.78. The molecular weight excluding hydrogens is 250 g/mol. The number of rotatable bonds is 3. The van der Waals surface area contributed by atoms with Crippen molar-refractivity contribution in [3.05, 3.63) is 26.6 Å². The van der Waals surface area contributed by atoms with Gasteiger partial charge in [-0.3, -0.25) is 4.79 Å². The van der Waals surface area contributed by atoms with Crippen LogP contribution in [0.5, 0.6) is 0 Å². The number of ether oxygens (including phenoxy) is 1. The number of nitrogens with one attached hydrogen (secondary N) is 2. The van der Waals surface area contributed by atoms with Crippen LogP contribution >= 0.6 is 11.3 Å². The standard InChI is InChI=1S/C12H15N3O2S/c1-6-7(2)18-12-10(6)11(16)14-9(15-12)5-17-8-3-13-4-8/h8,13H,3-5H2,1-2H3,(H,14,15,16). The minimum absolute atomic E-state index is 0.0628. The molecule has 6 heteroatoms. The molecule has 0 bridgehead atoms. The van der Waals surface area contributed by atoms with Crippen molar-refractivity contribution in [3.8, 4) is 0 Å². The van der Waals surface area contributed by atoms with Crippen LogP contribution in [0.2, 0.25) is 0 Å². The smallest absolute Gasteiger partial charge is 0.259 e. The van der Waals surface area contributed by atoms with Crippen molar-refractivity contribution >= 4 is 21.6 Å². The van der Waals surface area contributed by atoms with Crippen LogP contribution in [-0.2, 0) is 11.3 Å². The highest BCUT2D eigenvalue weighted by Gasteiger charge is 2.18. The number of fused-ring (bicyclic) bond motifs is 1. The molecule has 96 valence electrons. The number of hydrogen-bond donors (Lipinski definition) is 2. The maximum absolute atomic E-state index is 12.0. The summed E-state index contributed by atoms with van der Waals surface area (Å²) in [7, 11) is 0. The van der Waals surface area contributed by atoms with E-state index in [1.165, 1.54) is 0 Å². The molecule has 0 aliphatic carbocycles. The molecule has 0 aromatic carbocycles. The number of aromatic nitrogens is 2. The summed E-state index contributed by atoms with van der Waals surface area (Å²) >= 11 is 1.56. The summed E-state index contributed by atoms with van der Waals surface area (Å²) in [6, 6.07) is 0. The molecule has 0 radical (unpaired) electrons. The predicted octanol–water partition coefficient (Wildman–Crippen LogP) is 1.09. The highest BCUT2D eigenvalue weighted by Crippen LogP contribution is 2.25. The van der Waals surface area contributed by atoms with E-state index >= 15 is 0 Å². The van der Waals surface area contributed by atoms with Crippen molar-refractivity contribution in [1.82, 2.24) is 15.3 Å². The van der Waals surface area contributed by atoms with Gasteiger partial charge in [0.1, 0.15) is 17.3 Å². The van der Waals surface area contributed by atoms with Crippen LogP contribution in [0.25, 0.3) is 10.2 Å². The molecule has 0 unspecified atom stereocenters. The summed E-state index contributed by atoms with van der Waals surface area (Å²) in [6.45, 7) is 6.10. The van der Waals surface area contributed by atoms with Crippen molar-refractivity contribution in [3.63, 3.8) is 0 Å². The summed E-state index contributed by atoms with van der Waals surface area (Å²) in [5, 5.41) is 3.85. The summed E-state index contributed by atoms with van der Waals surface area (Å²) in [6.07, 6.45) is 0.248. The van der Waals surface area contributed by atoms with E-state index in [-0.39, 0.29) is 11.7 Å². The third kappa shape index (κ3) is 1.96. The Morgan fingerprint density at radius 3 is 2.89 bits per heavy atom. The van der Waals surface area contributed by atoms with Crippen LogP contribution in [0.1, 0.15) is 16.3 Å². The fourth-order valence-electron chi connectivity index (χ4n) is 1.94. The molecule has 1 saturated heterocycles. The molecule has 0 atom stereocenters. The molecule has 0 saturated carbocycles. The van der Waals surface area contributed by atoms with E-state index < -0.39 is 0 Å². The first kappa shape index (κ1) is 11.8. The lowest BCUT2D eigenvalue weighted by atomic mass is 10.2. The largest absolute Gasteiger partial charge is 0.368 e. The minimum atomic E-state index is -0.0628. The molecular formula is C12H15N3O2S. The molecule has 2 aromatic rings. The van der Waals surface area contributed by atoms with Gasteiger partial charge in [-0.15, -0.1) is 11.3 Å². The first-order valence-electron chi connectivity index (χ1n) is 5.96. The van der Waals surface area contributed by atoms with E-state index in [4.69, 9.17) is 4.74 Å². The Morgan fingerprint density at radius 1 is 1.44 bits per heavy atom. The Bertz CT molecular complexity index is 643. The topological polar surface area (TPSA) is 67.0 Å². The molecule has 0 spiro atoms. The van der Waals surface area contributed by atoms with E-state index in [1.54, 1.807) is 11.3 Å². The first-order chi connectivity index (χ1) is 8.65. The summed E-state index contributed by atoms with van der Waals surface area (Å²) in [4.78, 5) is 21.2. The zero-order chi connectivity index (χ0) is 12.7. The van der Waals surface area contributed by atoms with Crippen LogP contribution in [0, 0.1) is 13.8 Å². The number of aryl methyl sites for hydroxylation is 2. The maximum Gasteiger partial charge on any atom is 0.259 e. The Morgan fingerprint density at radius 2 is 2.22 bits per heavy atom. The lowest BCUT2D eigenvalue weighted by Gasteiger charge is -2.26. The van der Waals surface area contributed by atoms with Crippen molar-refractivity contribution < 1.29 is 4.74 Å². The molecule has 2 aromatic heterocycles. The zero-order valence-corrected chi connectivity index (χ0v) is 11.2. The highest BCUT2D eigenvalue weighted by atomic mass is 32.1. The molecule has 5 nitrogen and oxygen atoms in total. The Balaban J connectivity index is 1.91. The van der Waals surface area contributed by atoms with Gasteiger partial charge in [0.05, 0.1) is 11.5 Å². The number of H-pyrrole nitrogens is 1. The lowest BCUT2D eigenvalue weighted by molar-refractivity contribution is 0.00445. The molecule has 1 aliphatic rings. The quantitative estimate of drug-likeness (QED) is 0.872. The lowest BCUT2D eigenvalue weighted by Crippen LogP contribution is -2.48. The van der Waals surface area contributed by atoms with Crippen LogP contribution in [-0.4, -0.2) is 29.2 Å². The zero-order valence-electron chi connectivity index (χ0n) is 10.4. The average Bonchev–Trinajstić information content (AvgIpc) is 2.53. The fourth-order valence-corrected chi connectivity index (χ4v) is 2.99. The van der Waals surface area contributed by atoms with Gasteiger partial charge in [0.2, 0.25) is 0 Å². The molecule has 3 rings (SSSR count). The summed E-state index contributed by atoms with van der Waals surface area (Å²) in [5.41, 5.74) is 0.964. The van der Waals surface area contributed by atoms with Gasteiger partial charge < -0.3 is 15.0 Å². The van der Waals surface area contributed by atoms with Gasteiger partial charge in [-0.05, 0) is 19.4 Å². The second-order valence-corrected chi connectivity index (χ2v) is 5.77. The van der Waals surface area contributed by atoms with Gasteiger partial charge in [0.15, 0.2) is 0 Å². The maximum atomic E-state index is 12.0. The molecule has 2 N–H and O–H groups in total. The molecule has 1 aliphatic heterocycles. The van der Waals surface area contributed by atoms with Crippen molar-refractivity contribution in [1.29, 1.82) is 0 Å². The summed E-state index contributed by atoms with van der Waals surface area (Å²) < 4.78 is 5.61. The van der Waals surface area contributed by atoms with Gasteiger partial charge >= 0.3 is 0 Å². The van der Waals surface area contributed by atoms with Crippen LogP contribution < -0.4 is 10.9 Å². The van der Waals surface area contributed by atoms with E-state index in [0.717, 1.165) is 28.4 Å². The normalized spacial score (nSPS) is 16.1. The fraction of sp³-hybridized carbons (Fsp3) is 0.500. The SMILES string of the molecule is Cc1sc2nc(COC3CNC3)[nH]c(=O)c2c1C. The predicted molar refractivity (Wildman–Crippen MR) is 71.2 cm³/mol. The van der Waals surface area contributed by atoms with Crippen molar-refractivity contribution in [2.45, 2.75) is 26.6 Å². The molecule has 3 heterocycles. The van der Waals surface area contributed by atoms with Gasteiger partial charge in [0, 0.05) is 18.0 Å². The van der Waals surface area contributed by atoms with Crippen LogP contribution in [0.3, 0.4) is 0 Å². The van der Waals surface area contributed by atoms with E-state index in [9.17, 15) is 4.79 Å². The number of nitrogens with zero attached hydrogens (tertiary/aromatic N) is 1. The van der Waals surface area contributed by atoms with Gasteiger partial charge in [-0.2, -0.15) is 0 Å². The van der Waals surface area contributed by atoms with Crippen LogP contribution in [0.15, 0.2) is 4.79 Å². The molecule has 18 heavy (non-hydrogen) atoms. The third-order valence-electron chi connectivity index (χ3n) is 3.29. The van der Waals surface area contributed by atoms with Gasteiger partial charge in [0.25, 0.3) is 5.56 Å². The van der Waals surface area contributed by atoms with Crippen molar-refractivity contribution in [2.75, 3.05) is 13.1 Å². The summed E-state index contributed by atoms with van der Waals surface area (Å²) in [5.74, 6) is 0.612. The van der Waals surface area contributed by atoms with Crippen LogP contribution in [0.4, 0.5) is 0 Å². The number of aromatic amines is 1. The van der Waals surface area contributed by atoms with E-state index in [0.29, 0.717) is 17.8 Å². The van der Waals surface area contributed by atoms with E-state index in [1.807, 2.05) is 13.8 Å². The average molecular weight is 265 g/mol. The Hall–Kier alpha value is -1.24. The monoisotopic (exact) mass is 265 g/mol. The number of hydrogen-bond acceptors (Lipinski definition) is 5. The minimum Gasteiger partial charge on any atom is -0.368 e. The molecule has 1 fully saturated rings. The van der Waals surface area contributed by atoms with E-state index in [2.05, 4.69) is 15.3 Å². The van der Waals surface area contributed by atoms with Gasteiger partial charge in [-0.25, -0.2) is 4.98 Å². The Labute approximate surface area is 108 Å². The second kappa shape index (κ2) is 4.46.